The number of ether oxygens (including phenoxy) is 1. The molecule has 0 N–H and O–H groups in total. The summed E-state index contributed by atoms with van der Waals surface area (Å²) in [6, 6.07) is 0. The first kappa shape index (κ1) is 12.2. The van der Waals surface area contributed by atoms with Gasteiger partial charge in [0, 0.05) is 0 Å². The third kappa shape index (κ3) is 4.11. The Labute approximate surface area is 67.8 Å². The van der Waals surface area contributed by atoms with Gasteiger partial charge in [0.2, 0.25) is 0 Å². The highest BCUT2D eigenvalue weighted by molar-refractivity contribution is 4.99. The van der Waals surface area contributed by atoms with E-state index in [4.69, 9.17) is 0 Å². The quantitative estimate of drug-likeness (QED) is 0.651. The van der Waals surface area contributed by atoms with E-state index < -0.39 is 31.0 Å². The maximum absolute atomic E-state index is 12.0. The second-order valence-corrected chi connectivity index (χ2v) is 1.79. The van der Waals surface area contributed by atoms with Crippen LogP contribution in [0.5, 0.6) is 0 Å². The summed E-state index contributed by atoms with van der Waals surface area (Å²) in [7, 11) is 0. The van der Waals surface area contributed by atoms with Crippen molar-refractivity contribution in [3.63, 3.8) is 0 Å². The van der Waals surface area contributed by atoms with E-state index in [0.717, 1.165) is 0 Å². The molecule has 0 saturated heterocycles. The predicted molar refractivity (Wildman–Crippen MR) is 27.3 cm³/mol. The summed E-state index contributed by atoms with van der Waals surface area (Å²) in [6.45, 7) is -1.83. The Morgan fingerprint density at radius 2 is 1.62 bits per heavy atom. The van der Waals surface area contributed by atoms with Crippen molar-refractivity contribution in [1.29, 1.82) is 0 Å². The highest BCUT2D eigenvalue weighted by Crippen LogP contribution is 2.30. The minimum absolute atomic E-state index is 1.83. The fourth-order valence-corrected chi connectivity index (χ4v) is 0.341. The number of halogens is 7. The lowest BCUT2D eigenvalue weighted by Gasteiger charge is -2.13. The third-order valence-electron chi connectivity index (χ3n) is 0.812. The molecule has 0 amide bonds. The second-order valence-electron chi connectivity index (χ2n) is 1.79. The van der Waals surface area contributed by atoms with Crippen molar-refractivity contribution in [2.45, 2.75) is 12.5 Å². The largest absolute Gasteiger partial charge is 0.415 e. The van der Waals surface area contributed by atoms with Gasteiger partial charge in [-0.05, 0) is 0 Å². The van der Waals surface area contributed by atoms with Gasteiger partial charge in [-0.1, -0.05) is 0 Å². The topological polar surface area (TPSA) is 9.23 Å². The van der Waals surface area contributed by atoms with E-state index in [9.17, 15) is 30.7 Å². The van der Waals surface area contributed by atoms with Crippen LogP contribution < -0.4 is 0 Å². The molecule has 0 unspecified atom stereocenters. The Bertz CT molecular complexity index is 195. The fraction of sp³-hybridized carbons (Fsp3) is 0.600. The Balaban J connectivity index is 4.32. The van der Waals surface area contributed by atoms with E-state index in [1.165, 1.54) is 0 Å². The van der Waals surface area contributed by atoms with Crippen LogP contribution in [0.15, 0.2) is 11.9 Å². The molecule has 0 saturated carbocycles. The average Bonchev–Trinajstić information content (AvgIpc) is 1.99. The van der Waals surface area contributed by atoms with Gasteiger partial charge in [0.25, 0.3) is 12.3 Å². The van der Waals surface area contributed by atoms with Crippen LogP contribution in [0.1, 0.15) is 0 Å². The van der Waals surface area contributed by atoms with E-state index in [0.29, 0.717) is 0 Å². The monoisotopic (exact) mass is 212 g/mol. The van der Waals surface area contributed by atoms with Gasteiger partial charge in [0.05, 0.1) is 0 Å². The van der Waals surface area contributed by atoms with Crippen LogP contribution in [0.2, 0.25) is 0 Å². The van der Waals surface area contributed by atoms with Gasteiger partial charge in [-0.2, -0.15) is 22.0 Å². The Morgan fingerprint density at radius 3 is 1.92 bits per heavy atom. The van der Waals surface area contributed by atoms with E-state index in [-0.39, 0.29) is 0 Å². The van der Waals surface area contributed by atoms with Crippen molar-refractivity contribution in [3.05, 3.63) is 11.9 Å². The molecular formula is C5H3F7O. The van der Waals surface area contributed by atoms with E-state index in [1.807, 2.05) is 0 Å². The summed E-state index contributed by atoms with van der Waals surface area (Å²) in [5, 5.41) is 0. The van der Waals surface area contributed by atoms with Crippen LogP contribution in [0.3, 0.4) is 0 Å². The van der Waals surface area contributed by atoms with Crippen LogP contribution in [-0.4, -0.2) is 19.1 Å². The van der Waals surface area contributed by atoms with Crippen LogP contribution >= 0.6 is 0 Å². The molecule has 0 spiro atoms. The van der Waals surface area contributed by atoms with Crippen molar-refractivity contribution in [3.8, 4) is 0 Å². The molecule has 0 fully saturated rings. The molecule has 0 aromatic carbocycles. The molecule has 0 bridgehead atoms. The third-order valence-corrected chi connectivity index (χ3v) is 0.812. The van der Waals surface area contributed by atoms with E-state index >= 15 is 0 Å². The lowest BCUT2D eigenvalue weighted by molar-refractivity contribution is -0.236. The Hall–Kier alpha value is -0.790. The van der Waals surface area contributed by atoms with Crippen LogP contribution in [0.4, 0.5) is 30.7 Å². The minimum Gasteiger partial charge on any atom is -0.309 e. The highest BCUT2D eigenvalue weighted by Gasteiger charge is 2.41. The molecule has 0 aromatic rings. The summed E-state index contributed by atoms with van der Waals surface area (Å²) < 4.78 is 83.5. The standard InChI is InChI=1S/C5H3F7O/c6-2(7)1-13-5(11,12)3(8)4(9)10/h2H,1H2. The molecule has 0 heterocycles. The summed E-state index contributed by atoms with van der Waals surface area (Å²) in [6.07, 6.45) is -11.6. The zero-order chi connectivity index (χ0) is 10.6. The second kappa shape index (κ2) is 4.45. The van der Waals surface area contributed by atoms with Crippen molar-refractivity contribution >= 4 is 0 Å². The van der Waals surface area contributed by atoms with Gasteiger partial charge in [-0.3, -0.25) is 0 Å². The Kier molecular flexibility index (Phi) is 4.18. The first-order valence-electron chi connectivity index (χ1n) is 2.78. The van der Waals surface area contributed by atoms with Crippen molar-refractivity contribution in [2.75, 3.05) is 6.61 Å². The molecular weight excluding hydrogens is 209 g/mol. The van der Waals surface area contributed by atoms with Gasteiger partial charge in [0.1, 0.15) is 6.61 Å². The van der Waals surface area contributed by atoms with Crippen LogP contribution in [0.25, 0.3) is 0 Å². The number of hydrogen-bond donors (Lipinski definition) is 0. The molecule has 0 aliphatic heterocycles. The normalized spacial score (nSPS) is 12.0. The maximum atomic E-state index is 12.0. The number of hydrogen-bond acceptors (Lipinski definition) is 1. The molecule has 1 nitrogen and oxygen atoms in total. The summed E-state index contributed by atoms with van der Waals surface area (Å²) in [5.74, 6) is -3.16. The molecule has 78 valence electrons. The van der Waals surface area contributed by atoms with Gasteiger partial charge in [-0.25, -0.2) is 8.78 Å². The molecule has 0 aliphatic rings. The summed E-state index contributed by atoms with van der Waals surface area (Å²) >= 11 is 0. The maximum Gasteiger partial charge on any atom is 0.415 e. The van der Waals surface area contributed by atoms with Gasteiger partial charge >= 0.3 is 12.2 Å². The van der Waals surface area contributed by atoms with Gasteiger partial charge in [-0.15, -0.1) is 0 Å². The zero-order valence-corrected chi connectivity index (χ0v) is 5.84. The first-order chi connectivity index (χ1) is 5.77. The average molecular weight is 212 g/mol. The molecule has 0 atom stereocenters. The molecule has 8 heteroatoms. The molecule has 0 aromatic heterocycles. The molecule has 0 radical (unpaired) electrons. The van der Waals surface area contributed by atoms with E-state index in [1.54, 1.807) is 0 Å². The molecule has 0 aliphatic carbocycles. The molecule has 13 heavy (non-hydrogen) atoms. The van der Waals surface area contributed by atoms with E-state index in [2.05, 4.69) is 4.74 Å². The molecule has 0 rings (SSSR count). The van der Waals surface area contributed by atoms with Crippen LogP contribution in [0, 0.1) is 0 Å². The smallest absolute Gasteiger partial charge is 0.309 e. The van der Waals surface area contributed by atoms with Crippen LogP contribution in [-0.2, 0) is 4.74 Å². The lowest BCUT2D eigenvalue weighted by Crippen LogP contribution is -2.25. The van der Waals surface area contributed by atoms with Gasteiger partial charge in [0.15, 0.2) is 0 Å². The highest BCUT2D eigenvalue weighted by atomic mass is 19.3. The zero-order valence-electron chi connectivity index (χ0n) is 5.84. The van der Waals surface area contributed by atoms with Crippen molar-refractivity contribution in [1.82, 2.24) is 0 Å². The summed E-state index contributed by atoms with van der Waals surface area (Å²) in [5.41, 5.74) is 0. The Morgan fingerprint density at radius 1 is 1.15 bits per heavy atom. The first-order valence-corrected chi connectivity index (χ1v) is 2.78. The number of alkyl halides is 4. The van der Waals surface area contributed by atoms with Gasteiger partial charge < -0.3 is 4.74 Å². The minimum atomic E-state index is -5.00. The fourth-order valence-electron chi connectivity index (χ4n) is 0.341. The number of rotatable bonds is 4. The van der Waals surface area contributed by atoms with Crippen molar-refractivity contribution < 1.29 is 35.5 Å². The predicted octanol–water partition coefficient (Wildman–Crippen LogP) is 2.94. The SMILES string of the molecule is FC(F)=C(F)C(F)(F)OCC(F)F. The van der Waals surface area contributed by atoms with Crippen molar-refractivity contribution in [2.24, 2.45) is 0 Å². The summed E-state index contributed by atoms with van der Waals surface area (Å²) in [4.78, 5) is 0. The lowest BCUT2D eigenvalue weighted by atomic mass is 10.5.